The molecule has 1 fully saturated rings. The van der Waals surface area contributed by atoms with Gasteiger partial charge in [0.1, 0.15) is 11.9 Å². The van der Waals surface area contributed by atoms with E-state index in [0.29, 0.717) is 6.10 Å². The van der Waals surface area contributed by atoms with Crippen molar-refractivity contribution in [3.8, 4) is 5.75 Å². The molecule has 2 unspecified atom stereocenters. The lowest BCUT2D eigenvalue weighted by molar-refractivity contribution is 0.253. The molecule has 2 atom stereocenters. The molecule has 0 aromatic heterocycles. The molecule has 1 N–H and O–H groups in total. The monoisotopic (exact) mass is 295 g/mol. The highest BCUT2D eigenvalue weighted by Crippen LogP contribution is 2.41. The second-order valence-corrected chi connectivity index (χ2v) is 6.30. The summed E-state index contributed by atoms with van der Waals surface area (Å²) in [5.74, 6) is 1.04. The van der Waals surface area contributed by atoms with Gasteiger partial charge in [-0.15, -0.1) is 0 Å². The molecule has 17 heavy (non-hydrogen) atoms. The summed E-state index contributed by atoms with van der Waals surface area (Å²) >= 11 is 3.64. The van der Waals surface area contributed by atoms with Gasteiger partial charge in [-0.25, -0.2) is 0 Å². The summed E-state index contributed by atoms with van der Waals surface area (Å²) in [5, 5.41) is 3.62. The highest BCUT2D eigenvalue weighted by molar-refractivity contribution is 9.10. The molecule has 0 bridgehead atoms. The standard InChI is InChI=1S/C14H18BrNO/c1-9-6-10-7-11(8-12(15)13(10)17-9)14(2)4-3-5-16-14/h7-9,16H,3-6H2,1-2H3. The molecule has 3 heteroatoms. The lowest BCUT2D eigenvalue weighted by atomic mass is 9.89. The number of hydrogen-bond acceptors (Lipinski definition) is 2. The molecule has 2 aliphatic rings. The Morgan fingerprint density at radius 2 is 2.29 bits per heavy atom. The van der Waals surface area contributed by atoms with Gasteiger partial charge >= 0.3 is 0 Å². The lowest BCUT2D eigenvalue weighted by Gasteiger charge is -2.26. The van der Waals surface area contributed by atoms with Crippen LogP contribution in [0.25, 0.3) is 0 Å². The summed E-state index contributed by atoms with van der Waals surface area (Å²) in [6, 6.07) is 4.54. The molecule has 92 valence electrons. The molecule has 1 aromatic carbocycles. The molecule has 3 rings (SSSR count). The van der Waals surface area contributed by atoms with Crippen LogP contribution < -0.4 is 10.1 Å². The first-order valence-electron chi connectivity index (χ1n) is 6.33. The largest absolute Gasteiger partial charge is 0.489 e. The van der Waals surface area contributed by atoms with Crippen molar-refractivity contribution >= 4 is 15.9 Å². The van der Waals surface area contributed by atoms with Gasteiger partial charge in [0.05, 0.1) is 4.47 Å². The third-order valence-corrected chi connectivity index (χ3v) is 4.54. The number of benzene rings is 1. The molecule has 0 spiro atoms. The van der Waals surface area contributed by atoms with Crippen LogP contribution in [-0.2, 0) is 12.0 Å². The number of hydrogen-bond donors (Lipinski definition) is 1. The number of halogens is 1. The van der Waals surface area contributed by atoms with Crippen LogP contribution in [0.1, 0.15) is 37.8 Å². The predicted octanol–water partition coefficient (Wildman–Crippen LogP) is 3.37. The average molecular weight is 296 g/mol. The minimum Gasteiger partial charge on any atom is -0.489 e. The Hall–Kier alpha value is -0.540. The normalized spacial score (nSPS) is 31.4. The van der Waals surface area contributed by atoms with Gasteiger partial charge in [0.2, 0.25) is 0 Å². The maximum absolute atomic E-state index is 5.82. The van der Waals surface area contributed by atoms with E-state index in [-0.39, 0.29) is 5.54 Å². The van der Waals surface area contributed by atoms with Gasteiger partial charge in [0.25, 0.3) is 0 Å². The van der Waals surface area contributed by atoms with Crippen LogP contribution in [-0.4, -0.2) is 12.6 Å². The first-order chi connectivity index (χ1) is 8.08. The van der Waals surface area contributed by atoms with Crippen LogP contribution in [0.3, 0.4) is 0 Å². The van der Waals surface area contributed by atoms with E-state index < -0.39 is 0 Å². The first kappa shape index (κ1) is 11.5. The summed E-state index contributed by atoms with van der Waals surface area (Å²) in [6.45, 7) is 5.55. The van der Waals surface area contributed by atoms with E-state index in [9.17, 15) is 0 Å². The number of fused-ring (bicyclic) bond motifs is 1. The highest BCUT2D eigenvalue weighted by atomic mass is 79.9. The van der Waals surface area contributed by atoms with Crippen molar-refractivity contribution in [3.63, 3.8) is 0 Å². The molecule has 2 nitrogen and oxygen atoms in total. The number of rotatable bonds is 1. The van der Waals surface area contributed by atoms with Gasteiger partial charge in [0, 0.05) is 12.0 Å². The van der Waals surface area contributed by atoms with E-state index in [1.807, 2.05) is 0 Å². The third kappa shape index (κ3) is 1.89. The van der Waals surface area contributed by atoms with E-state index in [1.54, 1.807) is 0 Å². The zero-order valence-corrected chi connectivity index (χ0v) is 11.9. The third-order valence-electron chi connectivity index (χ3n) is 3.95. The molecule has 0 saturated carbocycles. The average Bonchev–Trinajstić information content (AvgIpc) is 2.85. The topological polar surface area (TPSA) is 21.3 Å². The lowest BCUT2D eigenvalue weighted by Crippen LogP contribution is -2.33. The van der Waals surface area contributed by atoms with Crippen LogP contribution in [0.5, 0.6) is 5.75 Å². The second-order valence-electron chi connectivity index (χ2n) is 5.44. The van der Waals surface area contributed by atoms with Gasteiger partial charge in [-0.3, -0.25) is 0 Å². The van der Waals surface area contributed by atoms with E-state index in [0.717, 1.165) is 23.2 Å². The minimum absolute atomic E-state index is 0.142. The van der Waals surface area contributed by atoms with Crippen molar-refractivity contribution in [1.82, 2.24) is 5.32 Å². The number of ether oxygens (including phenoxy) is 1. The predicted molar refractivity (Wildman–Crippen MR) is 72.5 cm³/mol. The molecule has 1 saturated heterocycles. The highest BCUT2D eigenvalue weighted by Gasteiger charge is 2.32. The molecule has 0 amide bonds. The van der Waals surface area contributed by atoms with Crippen molar-refractivity contribution in [3.05, 3.63) is 27.7 Å². The zero-order chi connectivity index (χ0) is 12.0. The SMILES string of the molecule is CC1Cc2cc(C3(C)CCCN3)cc(Br)c2O1. The van der Waals surface area contributed by atoms with Crippen LogP contribution in [0.2, 0.25) is 0 Å². The molecule has 0 radical (unpaired) electrons. The minimum atomic E-state index is 0.142. The Morgan fingerprint density at radius 3 is 3.00 bits per heavy atom. The number of nitrogens with one attached hydrogen (secondary N) is 1. The Labute approximate surface area is 111 Å². The molecular weight excluding hydrogens is 278 g/mol. The first-order valence-corrected chi connectivity index (χ1v) is 7.12. The van der Waals surface area contributed by atoms with Crippen molar-refractivity contribution in [2.45, 2.75) is 44.8 Å². The van der Waals surface area contributed by atoms with Crippen LogP contribution >= 0.6 is 15.9 Å². The van der Waals surface area contributed by atoms with Crippen LogP contribution in [0, 0.1) is 0 Å². The van der Waals surface area contributed by atoms with Crippen molar-refractivity contribution < 1.29 is 4.74 Å². The van der Waals surface area contributed by atoms with Crippen LogP contribution in [0.4, 0.5) is 0 Å². The fourth-order valence-electron chi connectivity index (χ4n) is 2.95. The summed E-state index contributed by atoms with van der Waals surface area (Å²) in [7, 11) is 0. The molecule has 2 heterocycles. The Bertz CT molecular complexity index is 452. The maximum Gasteiger partial charge on any atom is 0.137 e. The molecule has 0 aliphatic carbocycles. The summed E-state index contributed by atoms with van der Waals surface area (Å²) in [5.41, 5.74) is 2.87. The van der Waals surface area contributed by atoms with Gasteiger partial charge in [0.15, 0.2) is 0 Å². The molecule has 1 aromatic rings. The Kier molecular flexibility index (Phi) is 2.71. The second kappa shape index (κ2) is 3.99. The van der Waals surface area contributed by atoms with Crippen LogP contribution in [0.15, 0.2) is 16.6 Å². The van der Waals surface area contributed by atoms with E-state index >= 15 is 0 Å². The van der Waals surface area contributed by atoms with E-state index in [4.69, 9.17) is 4.74 Å². The summed E-state index contributed by atoms with van der Waals surface area (Å²) in [4.78, 5) is 0. The van der Waals surface area contributed by atoms with Gasteiger partial charge in [-0.05, 0) is 66.4 Å². The smallest absolute Gasteiger partial charge is 0.137 e. The molecule has 2 aliphatic heterocycles. The van der Waals surface area contributed by atoms with E-state index in [1.165, 1.54) is 24.0 Å². The Balaban J connectivity index is 2.03. The van der Waals surface area contributed by atoms with Crippen molar-refractivity contribution in [2.75, 3.05) is 6.54 Å². The fourth-order valence-corrected chi connectivity index (χ4v) is 3.54. The molecular formula is C14H18BrNO. The summed E-state index contributed by atoms with van der Waals surface area (Å²) < 4.78 is 6.92. The van der Waals surface area contributed by atoms with Crippen molar-refractivity contribution in [1.29, 1.82) is 0 Å². The van der Waals surface area contributed by atoms with Gasteiger partial charge in [-0.2, -0.15) is 0 Å². The van der Waals surface area contributed by atoms with Gasteiger partial charge < -0.3 is 10.1 Å². The fraction of sp³-hybridized carbons (Fsp3) is 0.571. The van der Waals surface area contributed by atoms with Crippen molar-refractivity contribution in [2.24, 2.45) is 0 Å². The zero-order valence-electron chi connectivity index (χ0n) is 10.3. The maximum atomic E-state index is 5.82. The Morgan fingerprint density at radius 1 is 1.47 bits per heavy atom. The quantitative estimate of drug-likeness (QED) is 0.858. The van der Waals surface area contributed by atoms with E-state index in [2.05, 4.69) is 47.2 Å². The summed E-state index contributed by atoms with van der Waals surface area (Å²) in [6.07, 6.45) is 3.81. The van der Waals surface area contributed by atoms with Gasteiger partial charge in [-0.1, -0.05) is 6.07 Å².